The van der Waals surface area contributed by atoms with Crippen molar-refractivity contribution in [3.63, 3.8) is 0 Å². The highest BCUT2D eigenvalue weighted by atomic mass is 16.1. The van der Waals surface area contributed by atoms with Gasteiger partial charge in [-0.3, -0.25) is 9.78 Å². The summed E-state index contributed by atoms with van der Waals surface area (Å²) in [5.41, 5.74) is 2.65. The second kappa shape index (κ2) is 5.39. The number of ketones is 1. The van der Waals surface area contributed by atoms with Crippen LogP contribution in [0.1, 0.15) is 30.1 Å². The van der Waals surface area contributed by atoms with Crippen molar-refractivity contribution in [3.05, 3.63) is 54.2 Å². The Labute approximate surface area is 101 Å². The average molecular weight is 225 g/mol. The van der Waals surface area contributed by atoms with Gasteiger partial charge in [-0.05, 0) is 18.6 Å². The van der Waals surface area contributed by atoms with Crippen LogP contribution >= 0.6 is 0 Å². The molecular weight excluding hydrogens is 210 g/mol. The second-order valence-electron chi connectivity index (χ2n) is 3.97. The first kappa shape index (κ1) is 11.5. The fourth-order valence-electron chi connectivity index (χ4n) is 1.74. The molecule has 1 heterocycles. The number of nitrogens with zero attached hydrogens (tertiary/aromatic N) is 1. The molecular formula is C15H15NO. The number of hydrogen-bond donors (Lipinski definition) is 0. The maximum atomic E-state index is 11.8. The zero-order chi connectivity index (χ0) is 12.1. The van der Waals surface area contributed by atoms with Crippen molar-refractivity contribution in [1.82, 2.24) is 4.98 Å². The largest absolute Gasteiger partial charge is 0.294 e. The van der Waals surface area contributed by atoms with Gasteiger partial charge < -0.3 is 0 Å². The number of pyridine rings is 1. The summed E-state index contributed by atoms with van der Waals surface area (Å²) in [7, 11) is 0. The first-order chi connectivity index (χ1) is 8.31. The molecule has 0 unspecified atom stereocenters. The van der Waals surface area contributed by atoms with Gasteiger partial charge in [0.25, 0.3) is 0 Å². The molecule has 1 aromatic carbocycles. The number of carbonyl (C=O) groups excluding carboxylic acids is 1. The Kier molecular flexibility index (Phi) is 3.66. The molecule has 0 N–H and O–H groups in total. The summed E-state index contributed by atoms with van der Waals surface area (Å²) in [5, 5.41) is 0. The van der Waals surface area contributed by atoms with E-state index in [1.807, 2.05) is 43.3 Å². The van der Waals surface area contributed by atoms with Crippen molar-refractivity contribution >= 4 is 5.78 Å². The van der Waals surface area contributed by atoms with Crippen LogP contribution in [-0.4, -0.2) is 10.8 Å². The topological polar surface area (TPSA) is 30.0 Å². The smallest absolute Gasteiger partial charge is 0.162 e. The van der Waals surface area contributed by atoms with Crippen LogP contribution < -0.4 is 0 Å². The molecule has 0 radical (unpaired) electrons. The van der Waals surface area contributed by atoms with Crippen molar-refractivity contribution in [2.24, 2.45) is 0 Å². The molecule has 17 heavy (non-hydrogen) atoms. The summed E-state index contributed by atoms with van der Waals surface area (Å²) < 4.78 is 0. The predicted molar refractivity (Wildman–Crippen MR) is 68.9 cm³/mol. The summed E-state index contributed by atoms with van der Waals surface area (Å²) in [6, 6.07) is 13.6. The molecule has 0 amide bonds. The molecule has 0 bridgehead atoms. The van der Waals surface area contributed by atoms with E-state index in [0.29, 0.717) is 6.42 Å². The lowest BCUT2D eigenvalue weighted by atomic mass is 10.0. The summed E-state index contributed by atoms with van der Waals surface area (Å²) in [4.78, 5) is 16.1. The van der Waals surface area contributed by atoms with E-state index < -0.39 is 0 Å². The van der Waals surface area contributed by atoms with Crippen molar-refractivity contribution in [2.45, 2.75) is 19.8 Å². The molecule has 0 atom stereocenters. The lowest BCUT2D eigenvalue weighted by Crippen LogP contribution is -1.99. The van der Waals surface area contributed by atoms with Gasteiger partial charge in [0.2, 0.25) is 0 Å². The third kappa shape index (κ3) is 2.78. The maximum Gasteiger partial charge on any atom is 0.162 e. The average Bonchev–Trinajstić information content (AvgIpc) is 2.40. The molecule has 2 heteroatoms. The Morgan fingerprint density at radius 1 is 1.18 bits per heavy atom. The number of hydrogen-bond acceptors (Lipinski definition) is 2. The van der Waals surface area contributed by atoms with E-state index in [4.69, 9.17) is 0 Å². The van der Waals surface area contributed by atoms with Crippen LogP contribution in [0.2, 0.25) is 0 Å². The molecule has 0 spiro atoms. The van der Waals surface area contributed by atoms with Crippen LogP contribution in [0, 0.1) is 0 Å². The SMILES string of the molecule is CCCC(=O)c1ccnc(-c2ccccc2)c1. The lowest BCUT2D eigenvalue weighted by molar-refractivity contribution is 0.0981. The fraction of sp³-hybridized carbons (Fsp3) is 0.200. The summed E-state index contributed by atoms with van der Waals surface area (Å²) >= 11 is 0. The minimum atomic E-state index is 0.187. The highest BCUT2D eigenvalue weighted by Gasteiger charge is 2.06. The van der Waals surface area contributed by atoms with Crippen LogP contribution in [0.25, 0.3) is 11.3 Å². The lowest BCUT2D eigenvalue weighted by Gasteiger charge is -2.03. The Balaban J connectivity index is 2.32. The van der Waals surface area contributed by atoms with Gasteiger partial charge in [0.1, 0.15) is 0 Å². The zero-order valence-corrected chi connectivity index (χ0v) is 9.89. The van der Waals surface area contributed by atoms with Crippen molar-refractivity contribution in [1.29, 1.82) is 0 Å². The number of Topliss-reactive ketones (excluding diaryl/α,β-unsaturated/α-hetero) is 1. The Hall–Kier alpha value is -1.96. The standard InChI is InChI=1S/C15H15NO/c1-2-6-15(17)13-9-10-16-14(11-13)12-7-4-3-5-8-12/h3-5,7-11H,2,6H2,1H3. The molecule has 86 valence electrons. The molecule has 1 aromatic heterocycles. The van der Waals surface area contributed by atoms with E-state index in [1.54, 1.807) is 12.3 Å². The Morgan fingerprint density at radius 3 is 2.65 bits per heavy atom. The highest BCUT2D eigenvalue weighted by molar-refractivity contribution is 5.96. The first-order valence-corrected chi connectivity index (χ1v) is 5.86. The summed E-state index contributed by atoms with van der Waals surface area (Å²) in [6.45, 7) is 2.01. The van der Waals surface area contributed by atoms with Crippen molar-refractivity contribution < 1.29 is 4.79 Å². The fourth-order valence-corrected chi connectivity index (χ4v) is 1.74. The Morgan fingerprint density at radius 2 is 1.94 bits per heavy atom. The molecule has 0 saturated carbocycles. The maximum absolute atomic E-state index is 11.8. The van der Waals surface area contributed by atoms with E-state index in [-0.39, 0.29) is 5.78 Å². The van der Waals surface area contributed by atoms with Crippen LogP contribution in [0.3, 0.4) is 0 Å². The predicted octanol–water partition coefficient (Wildman–Crippen LogP) is 3.73. The molecule has 2 aromatic rings. The molecule has 0 fully saturated rings. The van der Waals surface area contributed by atoms with Crippen LogP contribution in [0.5, 0.6) is 0 Å². The number of benzene rings is 1. The quantitative estimate of drug-likeness (QED) is 0.742. The minimum Gasteiger partial charge on any atom is -0.294 e. The van der Waals surface area contributed by atoms with E-state index in [0.717, 1.165) is 23.2 Å². The number of rotatable bonds is 4. The summed E-state index contributed by atoms with van der Waals surface area (Å²) in [5.74, 6) is 0.187. The minimum absolute atomic E-state index is 0.187. The van der Waals surface area contributed by atoms with E-state index in [9.17, 15) is 4.79 Å². The Bertz CT molecular complexity index is 505. The summed E-state index contributed by atoms with van der Waals surface area (Å²) in [6.07, 6.45) is 3.17. The second-order valence-corrected chi connectivity index (χ2v) is 3.97. The zero-order valence-electron chi connectivity index (χ0n) is 9.89. The molecule has 0 aliphatic rings. The first-order valence-electron chi connectivity index (χ1n) is 5.86. The van der Waals surface area contributed by atoms with E-state index in [2.05, 4.69) is 4.98 Å². The van der Waals surface area contributed by atoms with Gasteiger partial charge in [-0.1, -0.05) is 37.3 Å². The van der Waals surface area contributed by atoms with E-state index >= 15 is 0 Å². The third-order valence-electron chi connectivity index (χ3n) is 2.63. The molecule has 0 aliphatic heterocycles. The van der Waals surface area contributed by atoms with Crippen LogP contribution in [0.4, 0.5) is 0 Å². The van der Waals surface area contributed by atoms with Gasteiger partial charge in [0.05, 0.1) is 5.69 Å². The highest BCUT2D eigenvalue weighted by Crippen LogP contribution is 2.18. The van der Waals surface area contributed by atoms with Gasteiger partial charge in [0.15, 0.2) is 5.78 Å². The monoisotopic (exact) mass is 225 g/mol. The third-order valence-corrected chi connectivity index (χ3v) is 2.63. The normalized spacial score (nSPS) is 10.2. The van der Waals surface area contributed by atoms with Gasteiger partial charge >= 0.3 is 0 Å². The van der Waals surface area contributed by atoms with Crippen molar-refractivity contribution in [3.8, 4) is 11.3 Å². The van der Waals surface area contributed by atoms with Crippen LogP contribution in [-0.2, 0) is 0 Å². The molecule has 2 rings (SSSR count). The van der Waals surface area contributed by atoms with Gasteiger partial charge in [0, 0.05) is 23.7 Å². The number of aromatic nitrogens is 1. The molecule has 0 aliphatic carbocycles. The number of carbonyl (C=O) groups is 1. The van der Waals surface area contributed by atoms with Gasteiger partial charge in [-0.25, -0.2) is 0 Å². The van der Waals surface area contributed by atoms with Crippen molar-refractivity contribution in [2.75, 3.05) is 0 Å². The van der Waals surface area contributed by atoms with E-state index in [1.165, 1.54) is 0 Å². The molecule has 2 nitrogen and oxygen atoms in total. The van der Waals surface area contributed by atoms with Gasteiger partial charge in [-0.15, -0.1) is 0 Å². The van der Waals surface area contributed by atoms with Gasteiger partial charge in [-0.2, -0.15) is 0 Å². The molecule has 0 saturated heterocycles. The van der Waals surface area contributed by atoms with Crippen LogP contribution in [0.15, 0.2) is 48.7 Å².